The lowest BCUT2D eigenvalue weighted by Crippen LogP contribution is -2.37. The van der Waals surface area contributed by atoms with Crippen molar-refractivity contribution in [1.29, 1.82) is 0 Å². The molecule has 0 aromatic heterocycles. The van der Waals surface area contributed by atoms with E-state index in [0.717, 1.165) is 5.25 Å². The lowest BCUT2D eigenvalue weighted by Gasteiger charge is -2.28. The molecule has 0 bridgehead atoms. The van der Waals surface area contributed by atoms with Crippen molar-refractivity contribution in [1.82, 2.24) is 5.32 Å². The first kappa shape index (κ1) is 12.8. The minimum atomic E-state index is -0.708. The predicted molar refractivity (Wildman–Crippen MR) is 64.4 cm³/mol. The van der Waals surface area contributed by atoms with E-state index in [1.54, 1.807) is 6.92 Å². The van der Waals surface area contributed by atoms with Crippen LogP contribution in [0.4, 0.5) is 0 Å². The van der Waals surface area contributed by atoms with Crippen molar-refractivity contribution in [3.63, 3.8) is 0 Å². The Labute approximate surface area is 96.0 Å². The fourth-order valence-electron chi connectivity index (χ4n) is 1.93. The molecule has 1 saturated carbocycles. The number of hydrogen-bond donors (Lipinski definition) is 2. The molecule has 0 aromatic rings. The Morgan fingerprint density at radius 1 is 1.47 bits per heavy atom. The highest BCUT2D eigenvalue weighted by Gasteiger charge is 2.21. The molecule has 0 radical (unpaired) electrons. The van der Waals surface area contributed by atoms with Crippen molar-refractivity contribution in [3.8, 4) is 0 Å². The van der Waals surface area contributed by atoms with Gasteiger partial charge in [-0.3, -0.25) is 4.79 Å². The quantitative estimate of drug-likeness (QED) is 0.759. The lowest BCUT2D eigenvalue weighted by molar-refractivity contribution is -0.141. The third-order valence-corrected chi connectivity index (χ3v) is 4.28. The van der Waals surface area contributed by atoms with Gasteiger partial charge in [-0.15, -0.1) is 0 Å². The SMILES string of the molecule is CSC1CCC(NCC(C)C(=O)O)CC1. The molecule has 88 valence electrons. The highest BCUT2D eigenvalue weighted by atomic mass is 32.2. The Kier molecular flexibility index (Phi) is 5.47. The Hall–Kier alpha value is -0.220. The van der Waals surface area contributed by atoms with Gasteiger partial charge in [-0.25, -0.2) is 0 Å². The highest BCUT2D eigenvalue weighted by molar-refractivity contribution is 7.99. The zero-order valence-electron chi connectivity index (χ0n) is 9.53. The van der Waals surface area contributed by atoms with E-state index < -0.39 is 5.97 Å². The van der Waals surface area contributed by atoms with Crippen molar-refractivity contribution >= 4 is 17.7 Å². The fourth-order valence-corrected chi connectivity index (χ4v) is 2.68. The van der Waals surface area contributed by atoms with Gasteiger partial charge in [-0.1, -0.05) is 6.92 Å². The van der Waals surface area contributed by atoms with Crippen molar-refractivity contribution in [2.45, 2.75) is 43.9 Å². The van der Waals surface area contributed by atoms with E-state index in [9.17, 15) is 4.79 Å². The fraction of sp³-hybridized carbons (Fsp3) is 0.909. The monoisotopic (exact) mass is 231 g/mol. The van der Waals surface area contributed by atoms with Gasteiger partial charge >= 0.3 is 5.97 Å². The number of rotatable bonds is 5. The summed E-state index contributed by atoms with van der Waals surface area (Å²) in [5, 5.41) is 12.9. The average Bonchev–Trinajstić information content (AvgIpc) is 2.26. The van der Waals surface area contributed by atoms with Crippen LogP contribution < -0.4 is 5.32 Å². The van der Waals surface area contributed by atoms with E-state index in [1.807, 2.05) is 11.8 Å². The Morgan fingerprint density at radius 2 is 2.07 bits per heavy atom. The summed E-state index contributed by atoms with van der Waals surface area (Å²) < 4.78 is 0. The van der Waals surface area contributed by atoms with Crippen LogP contribution in [0.2, 0.25) is 0 Å². The molecule has 0 aliphatic heterocycles. The van der Waals surface area contributed by atoms with Gasteiger partial charge in [0.05, 0.1) is 5.92 Å². The summed E-state index contributed by atoms with van der Waals surface area (Å²) in [5.74, 6) is -0.983. The van der Waals surface area contributed by atoms with E-state index in [-0.39, 0.29) is 5.92 Å². The van der Waals surface area contributed by atoms with E-state index in [4.69, 9.17) is 5.11 Å². The molecule has 0 aromatic carbocycles. The first-order chi connectivity index (χ1) is 7.13. The zero-order chi connectivity index (χ0) is 11.3. The Morgan fingerprint density at radius 3 is 2.53 bits per heavy atom. The number of thioether (sulfide) groups is 1. The van der Waals surface area contributed by atoms with Crippen LogP contribution in [-0.4, -0.2) is 35.2 Å². The van der Waals surface area contributed by atoms with Crippen molar-refractivity contribution in [2.24, 2.45) is 5.92 Å². The van der Waals surface area contributed by atoms with Gasteiger partial charge in [0.15, 0.2) is 0 Å². The van der Waals surface area contributed by atoms with Gasteiger partial charge in [0.25, 0.3) is 0 Å². The number of carboxylic acids is 1. The predicted octanol–water partition coefficient (Wildman–Crippen LogP) is 1.97. The van der Waals surface area contributed by atoms with E-state index in [2.05, 4.69) is 11.6 Å². The molecule has 0 spiro atoms. The van der Waals surface area contributed by atoms with Crippen LogP contribution in [0.3, 0.4) is 0 Å². The normalized spacial score (nSPS) is 28.7. The van der Waals surface area contributed by atoms with E-state index >= 15 is 0 Å². The summed E-state index contributed by atoms with van der Waals surface area (Å²) in [5.41, 5.74) is 0. The topological polar surface area (TPSA) is 49.3 Å². The summed E-state index contributed by atoms with van der Waals surface area (Å²) in [4.78, 5) is 10.6. The molecular weight excluding hydrogens is 210 g/mol. The number of hydrogen-bond acceptors (Lipinski definition) is 3. The second-order valence-electron chi connectivity index (χ2n) is 4.36. The molecular formula is C11H21NO2S. The third-order valence-electron chi connectivity index (χ3n) is 3.14. The third kappa shape index (κ3) is 4.43. The van der Waals surface area contributed by atoms with Crippen LogP contribution in [0.15, 0.2) is 0 Å². The Bertz CT molecular complexity index is 203. The maximum atomic E-state index is 10.6. The molecule has 1 aliphatic carbocycles. The van der Waals surface area contributed by atoms with Gasteiger partial charge in [-0.05, 0) is 31.9 Å². The zero-order valence-corrected chi connectivity index (χ0v) is 10.3. The average molecular weight is 231 g/mol. The Balaban J connectivity index is 2.16. The van der Waals surface area contributed by atoms with Gasteiger partial charge in [0.1, 0.15) is 0 Å². The number of carbonyl (C=O) groups is 1. The van der Waals surface area contributed by atoms with Gasteiger partial charge in [0, 0.05) is 17.8 Å². The van der Waals surface area contributed by atoms with Crippen molar-refractivity contribution in [3.05, 3.63) is 0 Å². The first-order valence-electron chi connectivity index (χ1n) is 5.62. The summed E-state index contributed by atoms with van der Waals surface area (Å²) in [6.45, 7) is 2.35. The van der Waals surface area contributed by atoms with Gasteiger partial charge < -0.3 is 10.4 Å². The molecule has 0 amide bonds. The molecule has 4 heteroatoms. The maximum Gasteiger partial charge on any atom is 0.307 e. The van der Waals surface area contributed by atoms with Crippen LogP contribution in [0, 0.1) is 5.92 Å². The molecule has 1 atom stereocenters. The minimum absolute atomic E-state index is 0.275. The molecule has 1 aliphatic rings. The molecule has 1 unspecified atom stereocenters. The molecule has 3 nitrogen and oxygen atoms in total. The molecule has 1 rings (SSSR count). The van der Waals surface area contributed by atoms with Crippen LogP contribution in [0.5, 0.6) is 0 Å². The van der Waals surface area contributed by atoms with E-state index in [1.165, 1.54) is 25.7 Å². The summed E-state index contributed by atoms with van der Waals surface area (Å²) >= 11 is 1.96. The summed E-state index contributed by atoms with van der Waals surface area (Å²) in [7, 11) is 0. The second kappa shape index (κ2) is 6.38. The van der Waals surface area contributed by atoms with Crippen molar-refractivity contribution < 1.29 is 9.90 Å². The van der Waals surface area contributed by atoms with E-state index in [0.29, 0.717) is 12.6 Å². The maximum absolute atomic E-state index is 10.6. The molecule has 2 N–H and O–H groups in total. The molecule has 1 fully saturated rings. The lowest BCUT2D eigenvalue weighted by atomic mass is 9.94. The number of carboxylic acid groups (broad SMARTS) is 1. The largest absolute Gasteiger partial charge is 0.481 e. The smallest absolute Gasteiger partial charge is 0.307 e. The van der Waals surface area contributed by atoms with Crippen LogP contribution in [0.25, 0.3) is 0 Å². The standard InChI is InChI=1S/C11H21NO2S/c1-8(11(13)14)7-12-9-3-5-10(15-2)6-4-9/h8-10,12H,3-7H2,1-2H3,(H,13,14). The van der Waals surface area contributed by atoms with Crippen molar-refractivity contribution in [2.75, 3.05) is 12.8 Å². The molecule has 0 heterocycles. The van der Waals surface area contributed by atoms with Gasteiger partial charge in [-0.2, -0.15) is 11.8 Å². The molecule has 15 heavy (non-hydrogen) atoms. The van der Waals surface area contributed by atoms with Gasteiger partial charge in [0.2, 0.25) is 0 Å². The summed E-state index contributed by atoms with van der Waals surface area (Å²) in [6.07, 6.45) is 7.08. The second-order valence-corrected chi connectivity index (χ2v) is 5.49. The van der Waals surface area contributed by atoms with Crippen LogP contribution in [-0.2, 0) is 4.79 Å². The highest BCUT2D eigenvalue weighted by Crippen LogP contribution is 2.26. The van der Waals surface area contributed by atoms with Crippen LogP contribution in [0.1, 0.15) is 32.6 Å². The minimum Gasteiger partial charge on any atom is -0.481 e. The van der Waals surface area contributed by atoms with Crippen LogP contribution >= 0.6 is 11.8 Å². The first-order valence-corrected chi connectivity index (χ1v) is 6.91. The summed E-state index contributed by atoms with van der Waals surface area (Å²) in [6, 6.07) is 0.537. The number of aliphatic carboxylic acids is 1. The molecule has 0 saturated heterocycles. The number of nitrogens with one attached hydrogen (secondary N) is 1.